The maximum absolute atomic E-state index is 12.0. The van der Waals surface area contributed by atoms with E-state index in [-0.39, 0.29) is 11.4 Å². The second kappa shape index (κ2) is 7.07. The zero-order chi connectivity index (χ0) is 13.6. The molecule has 0 aromatic carbocycles. The molecule has 1 aliphatic carbocycles. The van der Waals surface area contributed by atoms with Crippen LogP contribution in [0, 0.1) is 5.92 Å². The van der Waals surface area contributed by atoms with Gasteiger partial charge < -0.3 is 20.5 Å². The van der Waals surface area contributed by atoms with Crippen LogP contribution in [0.15, 0.2) is 0 Å². The lowest BCUT2D eigenvalue weighted by atomic mass is 9.95. The van der Waals surface area contributed by atoms with Crippen LogP contribution in [0.1, 0.15) is 33.6 Å². The van der Waals surface area contributed by atoms with Crippen molar-refractivity contribution in [3.63, 3.8) is 0 Å². The molecular formula is C13H26N2O3. The molecular weight excluding hydrogens is 232 g/mol. The van der Waals surface area contributed by atoms with Crippen LogP contribution in [0.25, 0.3) is 0 Å². The Labute approximate surface area is 109 Å². The Morgan fingerprint density at radius 3 is 2.67 bits per heavy atom. The van der Waals surface area contributed by atoms with Crippen LogP contribution >= 0.6 is 0 Å². The first-order valence-electron chi connectivity index (χ1n) is 6.75. The van der Waals surface area contributed by atoms with E-state index in [0.717, 1.165) is 12.8 Å². The molecule has 18 heavy (non-hydrogen) atoms. The summed E-state index contributed by atoms with van der Waals surface area (Å²) in [5.41, 5.74) is 5.48. The molecule has 0 aromatic heterocycles. The van der Waals surface area contributed by atoms with Crippen molar-refractivity contribution in [2.75, 3.05) is 26.4 Å². The maximum atomic E-state index is 12.0. The van der Waals surface area contributed by atoms with Crippen molar-refractivity contribution in [1.82, 2.24) is 5.32 Å². The summed E-state index contributed by atoms with van der Waals surface area (Å²) >= 11 is 0. The number of nitrogens with two attached hydrogens (primary N) is 1. The number of hydrogen-bond donors (Lipinski definition) is 2. The highest BCUT2D eigenvalue weighted by Crippen LogP contribution is 2.38. The Kier molecular flexibility index (Phi) is 6.05. The van der Waals surface area contributed by atoms with E-state index < -0.39 is 6.10 Å². The van der Waals surface area contributed by atoms with E-state index in [1.54, 1.807) is 6.92 Å². The fourth-order valence-electron chi connectivity index (χ4n) is 1.93. The second-order valence-corrected chi connectivity index (χ2v) is 5.10. The minimum atomic E-state index is -0.463. The molecule has 2 atom stereocenters. The van der Waals surface area contributed by atoms with Gasteiger partial charge >= 0.3 is 0 Å². The van der Waals surface area contributed by atoms with Crippen molar-refractivity contribution < 1.29 is 14.3 Å². The molecule has 5 nitrogen and oxygen atoms in total. The van der Waals surface area contributed by atoms with E-state index >= 15 is 0 Å². The minimum absolute atomic E-state index is 0.0913. The van der Waals surface area contributed by atoms with Crippen LogP contribution in [0.5, 0.6) is 0 Å². The van der Waals surface area contributed by atoms with Gasteiger partial charge in [0.25, 0.3) is 0 Å². The van der Waals surface area contributed by atoms with Gasteiger partial charge in [-0.3, -0.25) is 4.79 Å². The van der Waals surface area contributed by atoms with Gasteiger partial charge in [0.1, 0.15) is 6.10 Å². The van der Waals surface area contributed by atoms with Crippen LogP contribution in [0.2, 0.25) is 0 Å². The molecule has 1 saturated carbocycles. The largest absolute Gasteiger partial charge is 0.379 e. The van der Waals surface area contributed by atoms with E-state index in [0.29, 0.717) is 32.3 Å². The van der Waals surface area contributed by atoms with Crippen molar-refractivity contribution in [3.8, 4) is 0 Å². The van der Waals surface area contributed by atoms with E-state index in [1.165, 1.54) is 0 Å². The lowest BCUT2D eigenvalue weighted by molar-refractivity contribution is -0.134. The average molecular weight is 258 g/mol. The van der Waals surface area contributed by atoms with Crippen molar-refractivity contribution in [2.45, 2.75) is 45.3 Å². The third-order valence-electron chi connectivity index (χ3n) is 3.48. The van der Waals surface area contributed by atoms with Gasteiger partial charge in [-0.05, 0) is 39.5 Å². The quantitative estimate of drug-likeness (QED) is 0.596. The van der Waals surface area contributed by atoms with Gasteiger partial charge in [-0.1, -0.05) is 0 Å². The van der Waals surface area contributed by atoms with E-state index in [4.69, 9.17) is 15.2 Å². The second-order valence-electron chi connectivity index (χ2n) is 5.10. The summed E-state index contributed by atoms with van der Waals surface area (Å²) in [6.45, 7) is 7.78. The third-order valence-corrected chi connectivity index (χ3v) is 3.48. The zero-order valence-electron chi connectivity index (χ0n) is 11.7. The fourth-order valence-corrected chi connectivity index (χ4v) is 1.93. The van der Waals surface area contributed by atoms with E-state index in [2.05, 4.69) is 5.32 Å². The summed E-state index contributed by atoms with van der Waals surface area (Å²) in [6.07, 6.45) is 1.83. The Morgan fingerprint density at radius 2 is 2.17 bits per heavy atom. The van der Waals surface area contributed by atoms with Crippen LogP contribution in [-0.4, -0.2) is 43.9 Å². The molecule has 1 fully saturated rings. The maximum Gasteiger partial charge on any atom is 0.249 e. The number of carbonyl (C=O) groups is 1. The van der Waals surface area contributed by atoms with Gasteiger partial charge in [0.2, 0.25) is 5.91 Å². The molecule has 5 heteroatoms. The Morgan fingerprint density at radius 1 is 1.50 bits per heavy atom. The van der Waals surface area contributed by atoms with Gasteiger partial charge in [-0.25, -0.2) is 0 Å². The third kappa shape index (κ3) is 4.55. The molecule has 0 spiro atoms. The summed E-state index contributed by atoms with van der Waals surface area (Å²) in [7, 11) is 0. The number of ether oxygens (including phenoxy) is 2. The Bertz CT molecular complexity index is 269. The predicted molar refractivity (Wildman–Crippen MR) is 70.2 cm³/mol. The molecule has 1 aliphatic rings. The molecule has 0 aliphatic heterocycles. The van der Waals surface area contributed by atoms with Gasteiger partial charge in [0, 0.05) is 13.2 Å². The summed E-state index contributed by atoms with van der Waals surface area (Å²) in [5, 5.41) is 3.02. The van der Waals surface area contributed by atoms with Gasteiger partial charge in [0.15, 0.2) is 0 Å². The van der Waals surface area contributed by atoms with Gasteiger partial charge in [-0.2, -0.15) is 0 Å². The molecule has 1 amide bonds. The topological polar surface area (TPSA) is 73.6 Å². The predicted octanol–water partition coefficient (Wildman–Crippen LogP) is 0.672. The summed E-state index contributed by atoms with van der Waals surface area (Å²) in [5.74, 6) is 0.424. The molecule has 0 heterocycles. The highest BCUT2D eigenvalue weighted by Gasteiger charge is 2.42. The highest BCUT2D eigenvalue weighted by molar-refractivity contribution is 5.81. The number of carbonyl (C=O) groups excluding carboxylic acids is 1. The average Bonchev–Trinajstić information content (AvgIpc) is 3.18. The smallest absolute Gasteiger partial charge is 0.249 e. The first-order valence-corrected chi connectivity index (χ1v) is 6.75. The number of rotatable bonds is 9. The van der Waals surface area contributed by atoms with Crippen molar-refractivity contribution in [3.05, 3.63) is 0 Å². The zero-order valence-corrected chi connectivity index (χ0v) is 11.7. The Balaban J connectivity index is 2.29. The lowest BCUT2D eigenvalue weighted by Gasteiger charge is -2.30. The first kappa shape index (κ1) is 15.4. The molecule has 0 bridgehead atoms. The van der Waals surface area contributed by atoms with Gasteiger partial charge in [0.05, 0.1) is 18.8 Å². The standard InChI is InChI=1S/C13H26N2O3/c1-4-17-7-8-18-10(2)12(16)15-13(3,9-14)11-5-6-11/h10-11H,4-9,14H2,1-3H3,(H,15,16). The highest BCUT2D eigenvalue weighted by atomic mass is 16.5. The summed E-state index contributed by atoms with van der Waals surface area (Å²) < 4.78 is 10.6. The molecule has 0 radical (unpaired) electrons. The van der Waals surface area contributed by atoms with E-state index in [1.807, 2.05) is 13.8 Å². The van der Waals surface area contributed by atoms with Crippen LogP contribution in [0.3, 0.4) is 0 Å². The summed E-state index contributed by atoms with van der Waals surface area (Å²) in [6, 6.07) is 0. The molecule has 0 aromatic rings. The molecule has 1 rings (SSSR count). The Hall–Kier alpha value is -0.650. The number of amides is 1. The van der Waals surface area contributed by atoms with Crippen molar-refractivity contribution in [1.29, 1.82) is 0 Å². The van der Waals surface area contributed by atoms with Crippen LogP contribution < -0.4 is 11.1 Å². The SMILES string of the molecule is CCOCCOC(C)C(=O)NC(C)(CN)C1CC1. The van der Waals surface area contributed by atoms with Crippen molar-refractivity contribution in [2.24, 2.45) is 11.7 Å². The summed E-state index contributed by atoms with van der Waals surface area (Å²) in [4.78, 5) is 12.0. The molecule has 0 saturated heterocycles. The van der Waals surface area contributed by atoms with Crippen LogP contribution in [0.4, 0.5) is 0 Å². The monoisotopic (exact) mass is 258 g/mol. The number of hydrogen-bond acceptors (Lipinski definition) is 4. The number of nitrogens with one attached hydrogen (secondary N) is 1. The molecule has 3 N–H and O–H groups in total. The first-order chi connectivity index (χ1) is 8.53. The molecule has 2 unspecified atom stereocenters. The lowest BCUT2D eigenvalue weighted by Crippen LogP contribution is -2.55. The van der Waals surface area contributed by atoms with Crippen molar-refractivity contribution >= 4 is 5.91 Å². The van der Waals surface area contributed by atoms with Gasteiger partial charge in [-0.15, -0.1) is 0 Å². The minimum Gasteiger partial charge on any atom is -0.379 e. The van der Waals surface area contributed by atoms with E-state index in [9.17, 15) is 4.79 Å². The molecule has 106 valence electrons. The fraction of sp³-hybridized carbons (Fsp3) is 0.923. The van der Waals surface area contributed by atoms with Crippen LogP contribution in [-0.2, 0) is 14.3 Å². The normalized spacial score (nSPS) is 20.2.